The molecule has 2 aromatic heterocycles. The van der Waals surface area contributed by atoms with Gasteiger partial charge in [-0.25, -0.2) is 0 Å². The van der Waals surface area contributed by atoms with E-state index < -0.39 is 0 Å². The SMILES string of the molecule is Cn1nc(Cc2ccco2)c(C=O)c1Cl. The molecule has 0 aliphatic carbocycles. The molecule has 0 saturated heterocycles. The lowest BCUT2D eigenvalue weighted by Crippen LogP contribution is -1.93. The van der Waals surface area contributed by atoms with Gasteiger partial charge >= 0.3 is 0 Å². The first-order valence-electron chi connectivity index (χ1n) is 4.41. The maximum Gasteiger partial charge on any atom is 0.155 e. The number of aldehydes is 1. The molecule has 5 heteroatoms. The molecule has 0 unspecified atom stereocenters. The van der Waals surface area contributed by atoms with E-state index in [1.54, 1.807) is 19.4 Å². The first kappa shape index (κ1) is 9.98. The fourth-order valence-corrected chi connectivity index (χ4v) is 1.59. The van der Waals surface area contributed by atoms with Gasteiger partial charge in [-0.3, -0.25) is 9.48 Å². The van der Waals surface area contributed by atoms with Gasteiger partial charge in [0.2, 0.25) is 0 Å². The lowest BCUT2D eigenvalue weighted by Gasteiger charge is -1.92. The summed E-state index contributed by atoms with van der Waals surface area (Å²) < 4.78 is 6.65. The van der Waals surface area contributed by atoms with E-state index in [0.29, 0.717) is 29.1 Å². The lowest BCUT2D eigenvalue weighted by molar-refractivity contribution is 0.112. The Morgan fingerprint density at radius 2 is 2.47 bits per heavy atom. The minimum Gasteiger partial charge on any atom is -0.469 e. The maximum atomic E-state index is 10.8. The normalized spacial score (nSPS) is 10.5. The van der Waals surface area contributed by atoms with Crippen molar-refractivity contribution in [3.63, 3.8) is 0 Å². The van der Waals surface area contributed by atoms with Gasteiger partial charge < -0.3 is 4.42 Å². The van der Waals surface area contributed by atoms with Gasteiger partial charge in [-0.2, -0.15) is 5.10 Å². The van der Waals surface area contributed by atoms with Gasteiger partial charge in [-0.15, -0.1) is 0 Å². The first-order valence-corrected chi connectivity index (χ1v) is 4.79. The molecule has 0 atom stereocenters. The molecule has 2 rings (SSSR count). The summed E-state index contributed by atoms with van der Waals surface area (Å²) in [5, 5.41) is 4.50. The predicted octanol–water partition coefficient (Wildman–Crippen LogP) is 2.07. The molecular weight excluding hydrogens is 216 g/mol. The summed E-state index contributed by atoms with van der Waals surface area (Å²) in [5.41, 5.74) is 1.06. The summed E-state index contributed by atoms with van der Waals surface area (Å²) in [6.45, 7) is 0. The molecule has 0 aliphatic rings. The Morgan fingerprint density at radius 1 is 1.67 bits per heavy atom. The number of aromatic nitrogens is 2. The van der Waals surface area contributed by atoms with E-state index >= 15 is 0 Å². The number of rotatable bonds is 3. The quantitative estimate of drug-likeness (QED) is 0.750. The van der Waals surface area contributed by atoms with E-state index in [2.05, 4.69) is 5.10 Å². The number of carbonyl (C=O) groups is 1. The largest absolute Gasteiger partial charge is 0.469 e. The van der Waals surface area contributed by atoms with Crippen molar-refractivity contribution in [2.45, 2.75) is 6.42 Å². The van der Waals surface area contributed by atoms with Crippen LogP contribution >= 0.6 is 11.6 Å². The van der Waals surface area contributed by atoms with Gasteiger partial charge in [0.05, 0.1) is 23.9 Å². The van der Waals surface area contributed by atoms with Crippen molar-refractivity contribution in [2.24, 2.45) is 7.05 Å². The van der Waals surface area contributed by atoms with E-state index in [1.807, 2.05) is 6.07 Å². The van der Waals surface area contributed by atoms with Crippen molar-refractivity contribution in [1.82, 2.24) is 9.78 Å². The number of aryl methyl sites for hydroxylation is 1. The van der Waals surface area contributed by atoms with Crippen molar-refractivity contribution in [3.8, 4) is 0 Å². The van der Waals surface area contributed by atoms with Gasteiger partial charge in [0.15, 0.2) is 6.29 Å². The van der Waals surface area contributed by atoms with Crippen LogP contribution < -0.4 is 0 Å². The second kappa shape index (κ2) is 3.90. The number of halogens is 1. The van der Waals surface area contributed by atoms with Gasteiger partial charge in [-0.05, 0) is 12.1 Å². The highest BCUT2D eigenvalue weighted by Crippen LogP contribution is 2.19. The Morgan fingerprint density at radius 3 is 3.07 bits per heavy atom. The zero-order valence-corrected chi connectivity index (χ0v) is 8.86. The summed E-state index contributed by atoms with van der Waals surface area (Å²) in [4.78, 5) is 10.8. The van der Waals surface area contributed by atoms with E-state index in [0.717, 1.165) is 5.76 Å². The summed E-state index contributed by atoms with van der Waals surface area (Å²) in [6, 6.07) is 3.62. The number of hydrogen-bond acceptors (Lipinski definition) is 3. The summed E-state index contributed by atoms with van der Waals surface area (Å²) in [6.07, 6.45) is 2.77. The molecule has 0 N–H and O–H groups in total. The number of furan rings is 1. The highest BCUT2D eigenvalue weighted by atomic mass is 35.5. The molecule has 0 aliphatic heterocycles. The zero-order valence-electron chi connectivity index (χ0n) is 8.11. The summed E-state index contributed by atoms with van der Waals surface area (Å²) >= 11 is 5.89. The molecular formula is C10H9ClN2O2. The molecule has 0 aromatic carbocycles. The van der Waals surface area contributed by atoms with E-state index in [4.69, 9.17) is 16.0 Å². The third-order valence-electron chi connectivity index (χ3n) is 2.13. The van der Waals surface area contributed by atoms with Crippen LogP contribution in [0.15, 0.2) is 22.8 Å². The van der Waals surface area contributed by atoms with Crippen molar-refractivity contribution in [3.05, 3.63) is 40.6 Å². The fraction of sp³-hybridized carbons (Fsp3) is 0.200. The molecule has 0 bridgehead atoms. The highest BCUT2D eigenvalue weighted by Gasteiger charge is 2.14. The average Bonchev–Trinajstić information content (AvgIpc) is 2.78. The van der Waals surface area contributed by atoms with Crippen molar-refractivity contribution in [1.29, 1.82) is 0 Å². The van der Waals surface area contributed by atoms with Crippen LogP contribution in [0.3, 0.4) is 0 Å². The number of hydrogen-bond donors (Lipinski definition) is 0. The molecule has 0 saturated carbocycles. The number of carbonyl (C=O) groups excluding carboxylic acids is 1. The van der Waals surface area contributed by atoms with Gasteiger partial charge in [0.25, 0.3) is 0 Å². The second-order valence-electron chi connectivity index (χ2n) is 3.15. The molecule has 2 heterocycles. The predicted molar refractivity (Wildman–Crippen MR) is 55.1 cm³/mol. The van der Waals surface area contributed by atoms with Crippen LogP contribution in [0.25, 0.3) is 0 Å². The Labute approximate surface area is 91.4 Å². The monoisotopic (exact) mass is 224 g/mol. The lowest BCUT2D eigenvalue weighted by atomic mass is 10.2. The summed E-state index contributed by atoms with van der Waals surface area (Å²) in [5.74, 6) is 0.757. The Kier molecular flexibility index (Phi) is 2.60. The summed E-state index contributed by atoms with van der Waals surface area (Å²) in [7, 11) is 1.70. The molecule has 15 heavy (non-hydrogen) atoms. The molecule has 78 valence electrons. The zero-order chi connectivity index (χ0) is 10.8. The topological polar surface area (TPSA) is 48.0 Å². The highest BCUT2D eigenvalue weighted by molar-refractivity contribution is 6.32. The smallest absolute Gasteiger partial charge is 0.155 e. The molecule has 0 spiro atoms. The van der Waals surface area contributed by atoms with E-state index in [-0.39, 0.29) is 0 Å². The first-order chi connectivity index (χ1) is 7.22. The molecule has 2 aromatic rings. The average molecular weight is 225 g/mol. The van der Waals surface area contributed by atoms with Gasteiger partial charge in [0, 0.05) is 7.05 Å². The Balaban J connectivity index is 2.36. The van der Waals surface area contributed by atoms with Gasteiger partial charge in [-0.1, -0.05) is 11.6 Å². The molecule has 0 fully saturated rings. The fourth-order valence-electron chi connectivity index (χ4n) is 1.40. The minimum atomic E-state index is 0.353. The van der Waals surface area contributed by atoms with Crippen LogP contribution in [0.1, 0.15) is 21.8 Å². The van der Waals surface area contributed by atoms with Crippen LogP contribution in [-0.4, -0.2) is 16.1 Å². The van der Waals surface area contributed by atoms with Crippen molar-refractivity contribution < 1.29 is 9.21 Å². The van der Waals surface area contributed by atoms with Crippen LogP contribution in [0.5, 0.6) is 0 Å². The minimum absolute atomic E-state index is 0.353. The van der Waals surface area contributed by atoms with Crippen molar-refractivity contribution >= 4 is 17.9 Å². The van der Waals surface area contributed by atoms with E-state index in [9.17, 15) is 4.79 Å². The third kappa shape index (κ3) is 1.80. The second-order valence-corrected chi connectivity index (χ2v) is 3.51. The molecule has 0 radical (unpaired) electrons. The molecule has 0 amide bonds. The standard InChI is InChI=1S/C10H9ClN2O2/c1-13-10(11)8(6-14)9(12-13)5-7-3-2-4-15-7/h2-4,6H,5H2,1H3. The van der Waals surface area contributed by atoms with Gasteiger partial charge in [0.1, 0.15) is 10.9 Å². The Hall–Kier alpha value is -1.55. The third-order valence-corrected chi connectivity index (χ3v) is 2.58. The molecule has 4 nitrogen and oxygen atoms in total. The van der Waals surface area contributed by atoms with Crippen molar-refractivity contribution in [2.75, 3.05) is 0 Å². The Bertz CT molecular complexity index is 474. The van der Waals surface area contributed by atoms with Crippen LogP contribution in [-0.2, 0) is 13.5 Å². The van der Waals surface area contributed by atoms with E-state index in [1.165, 1.54) is 4.68 Å². The maximum absolute atomic E-state index is 10.8. The number of nitrogens with zero attached hydrogens (tertiary/aromatic N) is 2. The van der Waals surface area contributed by atoms with Crippen LogP contribution in [0.4, 0.5) is 0 Å². The van der Waals surface area contributed by atoms with Crippen LogP contribution in [0, 0.1) is 0 Å². The van der Waals surface area contributed by atoms with Crippen LogP contribution in [0.2, 0.25) is 5.15 Å².